The highest BCUT2D eigenvalue weighted by molar-refractivity contribution is 7.09. The maximum absolute atomic E-state index is 12.1. The average Bonchev–Trinajstić information content (AvgIpc) is 2.52. The summed E-state index contributed by atoms with van der Waals surface area (Å²) in [6.07, 6.45) is -3.03. The first-order valence-electron chi connectivity index (χ1n) is 3.81. The number of hydrogen-bond donors (Lipinski definition) is 1. The Labute approximate surface area is 82.7 Å². The minimum absolute atomic E-state index is 0.120. The molecule has 0 aliphatic carbocycles. The van der Waals surface area contributed by atoms with E-state index < -0.39 is 12.7 Å². The number of anilines is 1. The Balaban J connectivity index is 2.65. The van der Waals surface area contributed by atoms with Crippen molar-refractivity contribution < 1.29 is 13.2 Å². The van der Waals surface area contributed by atoms with Crippen LogP contribution in [0.3, 0.4) is 0 Å². The summed E-state index contributed by atoms with van der Waals surface area (Å²) < 4.78 is 39.9. The molecule has 1 aromatic rings. The number of halogens is 3. The van der Waals surface area contributed by atoms with Crippen molar-refractivity contribution in [2.75, 3.05) is 24.5 Å². The van der Waals surface area contributed by atoms with E-state index >= 15 is 0 Å². The molecule has 2 N–H and O–H groups in total. The zero-order valence-corrected chi connectivity index (χ0v) is 7.98. The van der Waals surface area contributed by atoms with Crippen molar-refractivity contribution in [1.82, 2.24) is 9.36 Å². The highest BCUT2D eigenvalue weighted by atomic mass is 32.1. The summed E-state index contributed by atoms with van der Waals surface area (Å²) in [5.41, 5.74) is 5.20. The second-order valence-corrected chi connectivity index (χ2v) is 3.31. The Morgan fingerprint density at radius 3 is 2.64 bits per heavy atom. The highest BCUT2D eigenvalue weighted by Crippen LogP contribution is 2.21. The minimum Gasteiger partial charge on any atom is -0.336 e. The van der Waals surface area contributed by atoms with E-state index in [2.05, 4.69) is 9.36 Å². The molecule has 0 fully saturated rings. The molecule has 1 heterocycles. The molecule has 0 unspecified atom stereocenters. The van der Waals surface area contributed by atoms with Gasteiger partial charge in [0, 0.05) is 24.6 Å². The van der Waals surface area contributed by atoms with Crippen LogP contribution in [0.15, 0.2) is 6.33 Å². The fraction of sp³-hybridized carbons (Fsp3) is 0.667. The van der Waals surface area contributed by atoms with E-state index in [1.807, 2.05) is 0 Å². The van der Waals surface area contributed by atoms with Crippen molar-refractivity contribution in [2.24, 2.45) is 5.73 Å². The first-order valence-corrected chi connectivity index (χ1v) is 4.58. The van der Waals surface area contributed by atoms with Crippen molar-refractivity contribution in [1.29, 1.82) is 0 Å². The van der Waals surface area contributed by atoms with Crippen LogP contribution in [0.1, 0.15) is 0 Å². The fourth-order valence-corrected chi connectivity index (χ4v) is 1.48. The third-order valence-electron chi connectivity index (χ3n) is 1.39. The maximum atomic E-state index is 12.1. The second kappa shape index (κ2) is 4.56. The molecular formula is C6H9F3N4S. The lowest BCUT2D eigenvalue weighted by atomic mass is 10.5. The molecule has 0 atom stereocenters. The zero-order chi connectivity index (χ0) is 10.6. The van der Waals surface area contributed by atoms with Gasteiger partial charge in [0.05, 0.1) is 0 Å². The van der Waals surface area contributed by atoms with Crippen LogP contribution in [0.4, 0.5) is 18.3 Å². The molecule has 0 aliphatic rings. The summed E-state index contributed by atoms with van der Waals surface area (Å²) in [7, 11) is 0. The summed E-state index contributed by atoms with van der Waals surface area (Å²) >= 11 is 0.921. The molecule has 0 aliphatic heterocycles. The van der Waals surface area contributed by atoms with Crippen LogP contribution in [0.25, 0.3) is 0 Å². The Hall–Kier alpha value is -0.890. The summed E-state index contributed by atoms with van der Waals surface area (Å²) in [5.74, 6) is 0. The van der Waals surface area contributed by atoms with Crippen LogP contribution in [0.2, 0.25) is 0 Å². The quantitative estimate of drug-likeness (QED) is 0.827. The van der Waals surface area contributed by atoms with E-state index in [4.69, 9.17) is 5.73 Å². The molecule has 0 radical (unpaired) electrons. The largest absolute Gasteiger partial charge is 0.406 e. The molecule has 14 heavy (non-hydrogen) atoms. The van der Waals surface area contributed by atoms with Crippen LogP contribution in [-0.2, 0) is 0 Å². The van der Waals surface area contributed by atoms with Gasteiger partial charge >= 0.3 is 6.18 Å². The SMILES string of the molecule is NCCN(CC(F)(F)F)c1ncns1. The van der Waals surface area contributed by atoms with E-state index in [0.717, 1.165) is 16.4 Å². The standard InChI is InChI=1S/C6H9F3N4S/c7-6(8,9)3-13(2-1-10)5-11-4-12-14-5/h4H,1-3,10H2. The predicted molar refractivity (Wildman–Crippen MR) is 47.2 cm³/mol. The Kier molecular flexibility index (Phi) is 3.64. The molecule has 0 saturated carbocycles. The number of aromatic nitrogens is 2. The molecule has 0 spiro atoms. The summed E-state index contributed by atoms with van der Waals surface area (Å²) in [6, 6.07) is 0. The van der Waals surface area contributed by atoms with Gasteiger partial charge in [-0.05, 0) is 0 Å². The van der Waals surface area contributed by atoms with Crippen molar-refractivity contribution in [3.8, 4) is 0 Å². The molecule has 1 aromatic heterocycles. The molecule has 4 nitrogen and oxygen atoms in total. The second-order valence-electron chi connectivity index (χ2n) is 2.55. The van der Waals surface area contributed by atoms with E-state index in [1.165, 1.54) is 6.33 Å². The van der Waals surface area contributed by atoms with E-state index in [1.54, 1.807) is 0 Å². The molecular weight excluding hydrogens is 217 g/mol. The minimum atomic E-state index is -4.25. The zero-order valence-electron chi connectivity index (χ0n) is 7.16. The lowest BCUT2D eigenvalue weighted by Crippen LogP contribution is -2.37. The molecule has 0 aromatic carbocycles. The number of alkyl halides is 3. The van der Waals surface area contributed by atoms with Crippen LogP contribution < -0.4 is 10.6 Å². The van der Waals surface area contributed by atoms with Gasteiger partial charge < -0.3 is 10.6 Å². The van der Waals surface area contributed by atoms with Crippen molar-refractivity contribution in [2.45, 2.75) is 6.18 Å². The van der Waals surface area contributed by atoms with Crippen molar-refractivity contribution in [3.63, 3.8) is 0 Å². The summed E-state index contributed by atoms with van der Waals surface area (Å²) in [6.45, 7) is -0.774. The van der Waals surface area contributed by atoms with Gasteiger partial charge in [0.25, 0.3) is 0 Å². The smallest absolute Gasteiger partial charge is 0.336 e. The van der Waals surface area contributed by atoms with Gasteiger partial charge in [-0.15, -0.1) is 0 Å². The average molecular weight is 226 g/mol. The van der Waals surface area contributed by atoms with Crippen LogP contribution in [0.5, 0.6) is 0 Å². The van der Waals surface area contributed by atoms with Gasteiger partial charge in [-0.25, -0.2) is 4.98 Å². The van der Waals surface area contributed by atoms with E-state index in [-0.39, 0.29) is 18.2 Å². The monoisotopic (exact) mass is 226 g/mol. The van der Waals surface area contributed by atoms with Crippen LogP contribution in [0, 0.1) is 0 Å². The molecule has 1 rings (SSSR count). The van der Waals surface area contributed by atoms with E-state index in [0.29, 0.717) is 0 Å². The van der Waals surface area contributed by atoms with Gasteiger partial charge in [-0.3, -0.25) is 0 Å². The topological polar surface area (TPSA) is 55.0 Å². The number of nitrogens with zero attached hydrogens (tertiary/aromatic N) is 3. The summed E-state index contributed by atoms with van der Waals surface area (Å²) in [4.78, 5) is 4.76. The first-order chi connectivity index (χ1) is 6.53. The van der Waals surface area contributed by atoms with Gasteiger partial charge in [0.15, 0.2) is 0 Å². The van der Waals surface area contributed by atoms with Gasteiger partial charge in [0.1, 0.15) is 12.9 Å². The van der Waals surface area contributed by atoms with Crippen LogP contribution in [-0.4, -0.2) is 35.2 Å². The molecule has 80 valence electrons. The van der Waals surface area contributed by atoms with Crippen molar-refractivity contribution >= 4 is 16.7 Å². The molecule has 0 amide bonds. The lowest BCUT2D eigenvalue weighted by Gasteiger charge is -2.21. The van der Waals surface area contributed by atoms with Crippen LogP contribution >= 0.6 is 11.5 Å². The Bertz CT molecular complexity index is 261. The Morgan fingerprint density at radius 1 is 1.50 bits per heavy atom. The molecule has 8 heteroatoms. The van der Waals surface area contributed by atoms with Gasteiger partial charge in [-0.2, -0.15) is 17.5 Å². The lowest BCUT2D eigenvalue weighted by molar-refractivity contribution is -0.119. The fourth-order valence-electron chi connectivity index (χ4n) is 0.921. The number of rotatable bonds is 4. The highest BCUT2D eigenvalue weighted by Gasteiger charge is 2.31. The van der Waals surface area contributed by atoms with Gasteiger partial charge in [0.2, 0.25) is 5.13 Å². The molecule has 0 saturated heterocycles. The van der Waals surface area contributed by atoms with Gasteiger partial charge in [-0.1, -0.05) is 0 Å². The Morgan fingerprint density at radius 2 is 2.21 bits per heavy atom. The maximum Gasteiger partial charge on any atom is 0.406 e. The third kappa shape index (κ3) is 3.46. The number of nitrogens with two attached hydrogens (primary N) is 1. The third-order valence-corrected chi connectivity index (χ3v) is 2.12. The van der Waals surface area contributed by atoms with Crippen molar-refractivity contribution in [3.05, 3.63) is 6.33 Å². The van der Waals surface area contributed by atoms with E-state index in [9.17, 15) is 13.2 Å². The summed E-state index contributed by atoms with van der Waals surface area (Å²) in [5, 5.41) is 0.243. The number of hydrogen-bond acceptors (Lipinski definition) is 5. The first kappa shape index (κ1) is 11.2. The normalized spacial score (nSPS) is 11.7. The molecule has 0 bridgehead atoms. The predicted octanol–water partition coefficient (Wildman–Crippen LogP) is 0.865.